The first-order valence-corrected chi connectivity index (χ1v) is 18.5. The molecule has 3 aliphatic heterocycles. The Kier molecular flexibility index (Phi) is 18.2. The average molecular weight is 734 g/mol. The summed E-state index contributed by atoms with van der Waals surface area (Å²) >= 11 is 0. The molecule has 14 nitrogen and oxygen atoms in total. The minimum atomic E-state index is -1.38. The molecule has 0 spiro atoms. The van der Waals surface area contributed by atoms with Gasteiger partial charge in [-0.2, -0.15) is 0 Å². The minimum Gasteiger partial charge on any atom is -0.458 e. The van der Waals surface area contributed by atoms with Crippen molar-refractivity contribution in [3.8, 4) is 0 Å². The van der Waals surface area contributed by atoms with E-state index in [9.17, 15) is 24.6 Å². The van der Waals surface area contributed by atoms with Crippen molar-refractivity contribution in [3.63, 3.8) is 0 Å². The summed E-state index contributed by atoms with van der Waals surface area (Å²) in [5.74, 6) is -2.99. The average Bonchev–Trinajstić information content (AvgIpc) is 3.08. The standard InChI is InChI=1S/C36H63NO12.CH4O/c1-12-28-36(8,49-35(42)43-11)18-20(3)26(38)13-14-27(39)33(48-30-17-25(37(9)10)16-21(4)44-30)22(5)32(23(6)34(41)46-28)47-29-15-19(2)31(40)24(7)45-29;1-2/h19-25,27-33,39-40H,12-18H2,1-11H3;2H,1H3/t19?,20-,21?,22?,23?,24?,25?,27?,28?,29+,30?,31-,32?,33-,36+;/m1./s1. The summed E-state index contributed by atoms with van der Waals surface area (Å²) in [7, 11) is 6.21. The summed E-state index contributed by atoms with van der Waals surface area (Å²) in [5, 5.41) is 29.3. The Labute approximate surface area is 304 Å². The van der Waals surface area contributed by atoms with E-state index in [0.29, 0.717) is 19.3 Å². The molecule has 3 heterocycles. The maximum atomic E-state index is 14.1. The van der Waals surface area contributed by atoms with Crippen LogP contribution in [0, 0.1) is 23.7 Å². The SMILES string of the molecule is CCC1OC(=O)C(C)C(O[C@H]2CC(C)[C@@H](O)C(C)O2)C(C)[C@@H](OC2CC(N(C)C)CC(C)O2)C(O)CCC(=O)[C@H](C)C[C@]1(C)OC(=O)OC.CO. The van der Waals surface area contributed by atoms with Gasteiger partial charge in [-0.15, -0.1) is 0 Å². The molecule has 51 heavy (non-hydrogen) atoms. The van der Waals surface area contributed by atoms with Crippen LogP contribution in [0.2, 0.25) is 0 Å². The van der Waals surface area contributed by atoms with Gasteiger partial charge in [0.05, 0.1) is 49.7 Å². The topological polar surface area (TPSA) is 180 Å². The van der Waals surface area contributed by atoms with E-state index < -0.39 is 84.7 Å². The van der Waals surface area contributed by atoms with E-state index in [1.165, 1.54) is 7.11 Å². The molecule has 3 rings (SSSR count). The molecule has 14 heteroatoms. The maximum Gasteiger partial charge on any atom is 0.508 e. The fourth-order valence-electron chi connectivity index (χ4n) is 7.66. The van der Waals surface area contributed by atoms with Crippen LogP contribution in [0.1, 0.15) is 100 Å². The Morgan fingerprint density at radius 2 is 1.55 bits per heavy atom. The Bertz CT molecular complexity index is 1080. The monoisotopic (exact) mass is 733 g/mol. The third-order valence-corrected chi connectivity index (χ3v) is 10.8. The van der Waals surface area contributed by atoms with Gasteiger partial charge in [0, 0.05) is 50.7 Å². The Hall–Kier alpha value is -1.91. The van der Waals surface area contributed by atoms with Crippen LogP contribution in [0.3, 0.4) is 0 Å². The summed E-state index contributed by atoms with van der Waals surface area (Å²) in [5.41, 5.74) is -1.38. The Balaban J connectivity index is 0.00000442. The number of rotatable bonds is 7. The number of Topliss-reactive ketones (excluding diaryl/α,β-unsaturated/α-hetero) is 1. The molecule has 0 aromatic heterocycles. The van der Waals surface area contributed by atoms with Crippen molar-refractivity contribution in [3.05, 3.63) is 0 Å². The number of ether oxygens (including phenoxy) is 7. The molecule has 0 aromatic rings. The molecule has 0 aromatic carbocycles. The lowest BCUT2D eigenvalue weighted by Crippen LogP contribution is -2.53. The number of methoxy groups -OCH3 is 1. The number of aliphatic hydroxyl groups is 3. The summed E-state index contributed by atoms with van der Waals surface area (Å²) in [4.78, 5) is 42.1. The molecule has 0 amide bonds. The highest BCUT2D eigenvalue weighted by molar-refractivity contribution is 5.81. The molecule has 0 aliphatic carbocycles. The van der Waals surface area contributed by atoms with Crippen LogP contribution in [0.15, 0.2) is 0 Å². The summed E-state index contributed by atoms with van der Waals surface area (Å²) in [6.45, 7) is 14.4. The molecule has 0 bridgehead atoms. The highest BCUT2D eigenvalue weighted by Gasteiger charge is 2.47. The van der Waals surface area contributed by atoms with Crippen molar-refractivity contribution in [2.24, 2.45) is 23.7 Å². The van der Waals surface area contributed by atoms with E-state index in [0.717, 1.165) is 13.5 Å². The lowest BCUT2D eigenvalue weighted by molar-refractivity contribution is -0.281. The summed E-state index contributed by atoms with van der Waals surface area (Å²) in [6, 6.07) is 0.195. The normalized spacial score (nSPS) is 41.8. The minimum absolute atomic E-state index is 0.0434. The van der Waals surface area contributed by atoms with E-state index in [4.69, 9.17) is 38.3 Å². The molecule has 3 aliphatic rings. The second kappa shape index (κ2) is 20.5. The number of hydrogen-bond donors (Lipinski definition) is 3. The van der Waals surface area contributed by atoms with Gasteiger partial charge >= 0.3 is 12.1 Å². The number of hydrogen-bond acceptors (Lipinski definition) is 14. The zero-order chi connectivity index (χ0) is 38.8. The van der Waals surface area contributed by atoms with Crippen molar-refractivity contribution < 1.29 is 62.9 Å². The third-order valence-electron chi connectivity index (χ3n) is 10.8. The predicted octanol–water partition coefficient (Wildman–Crippen LogP) is 3.84. The summed E-state index contributed by atoms with van der Waals surface area (Å²) < 4.78 is 42.1. The lowest BCUT2D eigenvalue weighted by atomic mass is 9.81. The molecular weight excluding hydrogens is 666 g/mol. The number of cyclic esters (lactones) is 1. The number of esters is 1. The number of nitrogens with zero attached hydrogens (tertiary/aromatic N) is 1. The number of carbonyl (C=O) groups excluding carboxylic acids is 3. The van der Waals surface area contributed by atoms with Crippen LogP contribution in [0.4, 0.5) is 4.79 Å². The fraction of sp³-hybridized carbons (Fsp3) is 0.919. The van der Waals surface area contributed by atoms with Gasteiger partial charge in [-0.05, 0) is 67.0 Å². The number of aliphatic hydroxyl groups excluding tert-OH is 3. The van der Waals surface area contributed by atoms with Gasteiger partial charge in [-0.25, -0.2) is 4.79 Å². The van der Waals surface area contributed by atoms with Gasteiger partial charge < -0.3 is 53.4 Å². The number of ketones is 1. The maximum absolute atomic E-state index is 14.1. The van der Waals surface area contributed by atoms with Gasteiger partial charge in [-0.3, -0.25) is 9.59 Å². The second-order valence-corrected chi connectivity index (χ2v) is 15.2. The molecular formula is C37H67NO13. The molecule has 15 atom stereocenters. The highest BCUT2D eigenvalue weighted by atomic mass is 16.7. The first-order valence-electron chi connectivity index (χ1n) is 18.5. The highest BCUT2D eigenvalue weighted by Crippen LogP contribution is 2.37. The smallest absolute Gasteiger partial charge is 0.458 e. The van der Waals surface area contributed by atoms with Crippen molar-refractivity contribution >= 4 is 17.9 Å². The quantitative estimate of drug-likeness (QED) is 0.321. The first-order chi connectivity index (χ1) is 23.9. The Morgan fingerprint density at radius 3 is 2.12 bits per heavy atom. The van der Waals surface area contributed by atoms with Crippen LogP contribution in [0.25, 0.3) is 0 Å². The third kappa shape index (κ3) is 12.3. The van der Waals surface area contributed by atoms with E-state index in [2.05, 4.69) is 4.90 Å². The lowest BCUT2D eigenvalue weighted by Gasteiger charge is -2.44. The molecule has 0 radical (unpaired) electrons. The van der Waals surface area contributed by atoms with Gasteiger partial charge in [0.15, 0.2) is 18.2 Å². The fourth-order valence-corrected chi connectivity index (χ4v) is 7.66. The van der Waals surface area contributed by atoms with Crippen molar-refractivity contribution in [2.75, 3.05) is 28.3 Å². The molecule has 10 unspecified atom stereocenters. The van der Waals surface area contributed by atoms with Gasteiger partial charge in [0.2, 0.25) is 0 Å². The number of carbonyl (C=O) groups is 3. The van der Waals surface area contributed by atoms with E-state index in [1.807, 2.05) is 41.8 Å². The predicted molar refractivity (Wildman–Crippen MR) is 187 cm³/mol. The molecule has 298 valence electrons. The molecule has 3 N–H and O–H groups in total. The van der Waals surface area contributed by atoms with Crippen LogP contribution >= 0.6 is 0 Å². The Morgan fingerprint density at radius 1 is 0.941 bits per heavy atom. The summed E-state index contributed by atoms with van der Waals surface area (Å²) in [6.07, 6.45) is -5.13. The van der Waals surface area contributed by atoms with Gasteiger partial charge in [-0.1, -0.05) is 27.7 Å². The van der Waals surface area contributed by atoms with Crippen LogP contribution < -0.4 is 0 Å². The van der Waals surface area contributed by atoms with Crippen LogP contribution in [-0.4, -0.2) is 133 Å². The molecule has 3 fully saturated rings. The molecule has 3 saturated heterocycles. The van der Waals surface area contributed by atoms with Crippen LogP contribution in [0.5, 0.6) is 0 Å². The van der Waals surface area contributed by atoms with Crippen molar-refractivity contribution in [1.29, 1.82) is 0 Å². The first kappa shape index (κ1) is 45.2. The van der Waals surface area contributed by atoms with Crippen LogP contribution in [-0.2, 0) is 42.7 Å². The zero-order valence-corrected chi connectivity index (χ0v) is 32.9. The van der Waals surface area contributed by atoms with E-state index in [-0.39, 0.29) is 43.1 Å². The van der Waals surface area contributed by atoms with Crippen molar-refractivity contribution in [1.82, 2.24) is 4.90 Å². The van der Waals surface area contributed by atoms with Gasteiger partial charge in [0.25, 0.3) is 0 Å². The van der Waals surface area contributed by atoms with E-state index in [1.54, 1.807) is 27.7 Å². The molecule has 0 saturated carbocycles. The second-order valence-electron chi connectivity index (χ2n) is 15.2. The van der Waals surface area contributed by atoms with Gasteiger partial charge in [0.1, 0.15) is 11.9 Å². The van der Waals surface area contributed by atoms with Crippen molar-refractivity contribution in [2.45, 2.75) is 167 Å². The largest absolute Gasteiger partial charge is 0.508 e. The van der Waals surface area contributed by atoms with E-state index >= 15 is 0 Å². The zero-order valence-electron chi connectivity index (χ0n) is 32.9.